The first-order valence-corrected chi connectivity index (χ1v) is 8.76. The average Bonchev–Trinajstić information content (AvgIpc) is 2.11. The van der Waals surface area contributed by atoms with E-state index < -0.39 is 37.3 Å². The molecular weight excluding hydrogens is 290 g/mol. The monoisotopic (exact) mass is 302 g/mol. The van der Waals surface area contributed by atoms with Gasteiger partial charge in [-0.2, -0.15) is 26.3 Å². The van der Waals surface area contributed by atoms with E-state index in [0.29, 0.717) is 12.1 Å². The highest BCUT2D eigenvalue weighted by molar-refractivity contribution is 6.88. The first kappa shape index (κ1) is 15.9. The van der Waals surface area contributed by atoms with Crippen molar-refractivity contribution in [1.82, 2.24) is 0 Å². The molecule has 0 aliphatic rings. The number of hydrogen-bond acceptors (Lipinski definition) is 1. The van der Waals surface area contributed by atoms with E-state index in [0.717, 1.165) is 0 Å². The van der Waals surface area contributed by atoms with E-state index in [1.54, 1.807) is 19.6 Å². The van der Waals surface area contributed by atoms with Gasteiger partial charge < -0.3 is 5.11 Å². The summed E-state index contributed by atoms with van der Waals surface area (Å²) in [5.41, 5.74) is -3.28. The number of benzene rings is 1. The molecule has 0 spiro atoms. The lowest BCUT2D eigenvalue weighted by Gasteiger charge is -2.22. The van der Waals surface area contributed by atoms with Crippen molar-refractivity contribution in [3.05, 3.63) is 23.3 Å². The molecule has 0 saturated carbocycles. The maximum absolute atomic E-state index is 12.7. The van der Waals surface area contributed by atoms with Crippen molar-refractivity contribution in [2.24, 2.45) is 0 Å². The third-order valence-electron chi connectivity index (χ3n) is 2.59. The standard InChI is InChI=1S/C11H12F6OSi/c1-19(2,3)6-4-7(10(12,13)14)9(18)8(5-6)11(15,16)17/h4-5,18H,1-3H3. The van der Waals surface area contributed by atoms with Crippen LogP contribution in [0, 0.1) is 0 Å². The van der Waals surface area contributed by atoms with Crippen LogP contribution in [0.1, 0.15) is 11.1 Å². The SMILES string of the molecule is C[Si](C)(C)c1cc(C(F)(F)F)c(O)c(C(F)(F)F)c1. The molecule has 8 heteroatoms. The summed E-state index contributed by atoms with van der Waals surface area (Å²) in [6.07, 6.45) is -10.1. The molecule has 0 amide bonds. The van der Waals surface area contributed by atoms with Gasteiger partial charge in [-0.05, 0) is 12.1 Å². The van der Waals surface area contributed by atoms with Gasteiger partial charge in [0, 0.05) is 0 Å². The van der Waals surface area contributed by atoms with Crippen LogP contribution in [0.3, 0.4) is 0 Å². The maximum atomic E-state index is 12.7. The maximum Gasteiger partial charge on any atom is 0.419 e. The zero-order chi connectivity index (χ0) is 15.2. The van der Waals surface area contributed by atoms with E-state index in [1.807, 2.05) is 0 Å². The lowest BCUT2D eigenvalue weighted by molar-refractivity contribution is -0.145. The van der Waals surface area contributed by atoms with E-state index >= 15 is 0 Å². The molecule has 19 heavy (non-hydrogen) atoms. The largest absolute Gasteiger partial charge is 0.507 e. The fraction of sp³-hybridized carbons (Fsp3) is 0.455. The minimum absolute atomic E-state index is 0.00931. The molecule has 1 aromatic rings. The summed E-state index contributed by atoms with van der Waals surface area (Å²) < 4.78 is 76.0. The molecule has 0 bridgehead atoms. The summed E-state index contributed by atoms with van der Waals surface area (Å²) in [5.74, 6) is -1.76. The van der Waals surface area contributed by atoms with Crippen molar-refractivity contribution in [1.29, 1.82) is 0 Å². The molecular formula is C11H12F6OSi. The molecule has 0 unspecified atom stereocenters. The molecule has 1 aromatic carbocycles. The van der Waals surface area contributed by atoms with Crippen molar-refractivity contribution < 1.29 is 31.4 Å². The van der Waals surface area contributed by atoms with Gasteiger partial charge in [-0.25, -0.2) is 0 Å². The fourth-order valence-electron chi connectivity index (χ4n) is 1.50. The Kier molecular flexibility index (Phi) is 3.70. The Balaban J connectivity index is 3.68. The van der Waals surface area contributed by atoms with Crippen LogP contribution < -0.4 is 5.19 Å². The number of phenolic OH excluding ortho intramolecular Hbond substituents is 1. The second kappa shape index (κ2) is 4.43. The van der Waals surface area contributed by atoms with Crippen molar-refractivity contribution >= 4 is 13.3 Å². The van der Waals surface area contributed by atoms with Gasteiger partial charge in [-0.3, -0.25) is 0 Å². The van der Waals surface area contributed by atoms with Gasteiger partial charge in [0.25, 0.3) is 0 Å². The van der Waals surface area contributed by atoms with Crippen LogP contribution in [0.15, 0.2) is 12.1 Å². The second-order valence-corrected chi connectivity index (χ2v) is 10.2. The minimum atomic E-state index is -5.03. The fourth-order valence-corrected chi connectivity index (χ4v) is 2.65. The molecule has 1 rings (SSSR count). The summed E-state index contributed by atoms with van der Waals surface area (Å²) in [5, 5.41) is 9.22. The Hall–Kier alpha value is -1.18. The van der Waals surface area contributed by atoms with Gasteiger partial charge in [0.15, 0.2) is 0 Å². The van der Waals surface area contributed by atoms with Crippen LogP contribution in [0.25, 0.3) is 0 Å². The lowest BCUT2D eigenvalue weighted by Crippen LogP contribution is -2.39. The summed E-state index contributed by atoms with van der Waals surface area (Å²) in [6.45, 7) is 4.87. The topological polar surface area (TPSA) is 20.2 Å². The number of phenols is 1. The van der Waals surface area contributed by atoms with Crippen molar-refractivity contribution in [2.75, 3.05) is 0 Å². The van der Waals surface area contributed by atoms with E-state index in [1.165, 1.54) is 0 Å². The van der Waals surface area contributed by atoms with Gasteiger partial charge in [-0.1, -0.05) is 24.8 Å². The van der Waals surface area contributed by atoms with E-state index in [4.69, 9.17) is 0 Å². The summed E-state index contributed by atoms with van der Waals surface area (Å²) in [6, 6.07) is 1.22. The van der Waals surface area contributed by atoms with Crippen LogP contribution in [0.5, 0.6) is 5.75 Å². The summed E-state index contributed by atoms with van der Waals surface area (Å²) >= 11 is 0. The molecule has 0 aliphatic heterocycles. The molecule has 0 heterocycles. The van der Waals surface area contributed by atoms with E-state index in [9.17, 15) is 31.4 Å². The van der Waals surface area contributed by atoms with Gasteiger partial charge in [0.2, 0.25) is 0 Å². The molecule has 0 saturated heterocycles. The molecule has 1 nitrogen and oxygen atoms in total. The quantitative estimate of drug-likeness (QED) is 0.614. The molecule has 0 aromatic heterocycles. The Bertz CT molecular complexity index is 448. The number of hydrogen-bond donors (Lipinski definition) is 1. The predicted octanol–water partition coefficient (Wildman–Crippen LogP) is 3.98. The third-order valence-corrected chi connectivity index (χ3v) is 4.61. The third kappa shape index (κ3) is 3.43. The average molecular weight is 302 g/mol. The lowest BCUT2D eigenvalue weighted by atomic mass is 10.1. The Morgan fingerprint density at radius 2 is 1.16 bits per heavy atom. The van der Waals surface area contributed by atoms with Crippen LogP contribution in [-0.4, -0.2) is 13.2 Å². The predicted molar refractivity (Wildman–Crippen MR) is 61.1 cm³/mol. The van der Waals surface area contributed by atoms with Crippen molar-refractivity contribution in [3.63, 3.8) is 0 Å². The Morgan fingerprint density at radius 3 is 1.37 bits per heavy atom. The smallest absolute Gasteiger partial charge is 0.419 e. The van der Waals surface area contributed by atoms with Gasteiger partial charge >= 0.3 is 12.4 Å². The van der Waals surface area contributed by atoms with Gasteiger partial charge in [0.05, 0.1) is 19.2 Å². The molecule has 1 N–H and O–H groups in total. The van der Waals surface area contributed by atoms with Gasteiger partial charge in [-0.15, -0.1) is 0 Å². The van der Waals surface area contributed by atoms with Crippen LogP contribution in [0.4, 0.5) is 26.3 Å². The van der Waals surface area contributed by atoms with E-state index in [-0.39, 0.29) is 5.19 Å². The number of alkyl halides is 6. The highest BCUT2D eigenvalue weighted by atomic mass is 28.3. The summed E-state index contributed by atoms with van der Waals surface area (Å²) in [4.78, 5) is 0. The first-order chi connectivity index (χ1) is 8.24. The highest BCUT2D eigenvalue weighted by Gasteiger charge is 2.42. The molecule has 0 aliphatic carbocycles. The molecule has 0 radical (unpaired) electrons. The number of halogens is 6. The molecule has 0 atom stereocenters. The van der Waals surface area contributed by atoms with Crippen LogP contribution in [0.2, 0.25) is 19.6 Å². The van der Waals surface area contributed by atoms with Crippen LogP contribution in [-0.2, 0) is 12.4 Å². The van der Waals surface area contributed by atoms with Crippen molar-refractivity contribution in [3.8, 4) is 5.75 Å². The Labute approximate surface area is 106 Å². The highest BCUT2D eigenvalue weighted by Crippen LogP contribution is 2.43. The first-order valence-electron chi connectivity index (χ1n) is 5.26. The molecule has 108 valence electrons. The Morgan fingerprint density at radius 1 is 0.842 bits per heavy atom. The van der Waals surface area contributed by atoms with E-state index in [2.05, 4.69) is 0 Å². The zero-order valence-corrected chi connectivity index (χ0v) is 11.4. The molecule has 0 fully saturated rings. The summed E-state index contributed by atoms with van der Waals surface area (Å²) in [7, 11) is -2.39. The second-order valence-electron chi connectivity index (χ2n) is 5.17. The zero-order valence-electron chi connectivity index (χ0n) is 10.4. The normalized spacial score (nSPS) is 13.7. The number of aromatic hydroxyl groups is 1. The van der Waals surface area contributed by atoms with Gasteiger partial charge in [0.1, 0.15) is 5.75 Å². The van der Waals surface area contributed by atoms with Crippen molar-refractivity contribution in [2.45, 2.75) is 32.0 Å². The van der Waals surface area contributed by atoms with Crippen LogP contribution >= 0.6 is 0 Å². The minimum Gasteiger partial charge on any atom is -0.507 e. The number of rotatable bonds is 1.